The van der Waals surface area contributed by atoms with Crippen LogP contribution in [0.4, 0.5) is 4.79 Å². The number of ether oxygens (including phenoxy) is 1. The zero-order valence-corrected chi connectivity index (χ0v) is 18.3. The van der Waals surface area contributed by atoms with Gasteiger partial charge < -0.3 is 25.6 Å². The number of carbonyl (C=O) groups excluding carboxylic acids is 2. The fraction of sp³-hybridized carbons (Fsp3) is 0.400. The summed E-state index contributed by atoms with van der Waals surface area (Å²) in [5.74, 6) is -1.68. The Morgan fingerprint density at radius 2 is 1.64 bits per heavy atom. The summed E-state index contributed by atoms with van der Waals surface area (Å²) in [5.41, 5.74) is 3.66. The third-order valence-electron chi connectivity index (χ3n) is 6.73. The number of amides is 2. The van der Waals surface area contributed by atoms with Gasteiger partial charge in [0.05, 0.1) is 5.41 Å². The second-order valence-electron chi connectivity index (χ2n) is 8.69. The van der Waals surface area contributed by atoms with Crippen LogP contribution in [-0.4, -0.2) is 54.0 Å². The van der Waals surface area contributed by atoms with Crippen molar-refractivity contribution >= 4 is 18.0 Å². The van der Waals surface area contributed by atoms with Crippen molar-refractivity contribution in [3.63, 3.8) is 0 Å². The van der Waals surface area contributed by atoms with Gasteiger partial charge in [-0.15, -0.1) is 0 Å². The smallest absolute Gasteiger partial charge is 0.407 e. The van der Waals surface area contributed by atoms with E-state index in [9.17, 15) is 19.5 Å². The molecule has 4 N–H and O–H groups in total. The third-order valence-corrected chi connectivity index (χ3v) is 6.73. The number of carboxylic acids is 1. The first kappa shape index (κ1) is 22.8. The van der Waals surface area contributed by atoms with Crippen molar-refractivity contribution in [2.45, 2.75) is 37.6 Å². The molecule has 2 aliphatic rings. The van der Waals surface area contributed by atoms with E-state index in [1.54, 1.807) is 0 Å². The van der Waals surface area contributed by atoms with Crippen LogP contribution in [0.3, 0.4) is 0 Å². The van der Waals surface area contributed by atoms with E-state index in [0.717, 1.165) is 28.7 Å². The number of aliphatic hydroxyl groups is 1. The highest BCUT2D eigenvalue weighted by Crippen LogP contribution is 2.44. The molecule has 0 spiro atoms. The minimum absolute atomic E-state index is 0.0566. The predicted molar refractivity (Wildman–Crippen MR) is 121 cm³/mol. The molecule has 0 radical (unpaired) electrons. The average Bonchev–Trinajstić information content (AvgIpc) is 3.10. The number of aliphatic carboxylic acids is 1. The van der Waals surface area contributed by atoms with Gasteiger partial charge in [-0.25, -0.2) is 9.59 Å². The number of aliphatic hydroxyl groups excluding tert-OH is 1. The SMILES string of the molecule is O=C(NCC1(C(=O)N[C@H](CCO)C(=O)O)CCC1)OCC1c2ccccc2-c2ccccc21. The van der Waals surface area contributed by atoms with Crippen LogP contribution in [0.2, 0.25) is 0 Å². The van der Waals surface area contributed by atoms with E-state index in [1.807, 2.05) is 36.4 Å². The molecule has 2 aromatic rings. The summed E-state index contributed by atoms with van der Waals surface area (Å²) >= 11 is 0. The van der Waals surface area contributed by atoms with Crippen molar-refractivity contribution in [3.05, 3.63) is 59.7 Å². The molecule has 2 amide bonds. The Morgan fingerprint density at radius 1 is 1.03 bits per heavy atom. The normalized spacial score (nSPS) is 16.6. The van der Waals surface area contributed by atoms with Crippen LogP contribution < -0.4 is 10.6 Å². The summed E-state index contributed by atoms with van der Waals surface area (Å²) in [6.07, 6.45) is 1.23. The first-order valence-electron chi connectivity index (χ1n) is 11.2. The number of hydrogen-bond donors (Lipinski definition) is 4. The molecule has 4 rings (SSSR count). The highest BCUT2D eigenvalue weighted by Gasteiger charge is 2.45. The number of carbonyl (C=O) groups is 3. The third kappa shape index (κ3) is 4.57. The molecule has 2 aromatic carbocycles. The molecule has 1 atom stereocenters. The van der Waals surface area contributed by atoms with Gasteiger partial charge in [-0.05, 0) is 35.1 Å². The molecular weight excluding hydrogens is 424 g/mol. The molecule has 0 aromatic heterocycles. The van der Waals surface area contributed by atoms with Crippen LogP contribution in [-0.2, 0) is 14.3 Å². The number of rotatable bonds is 9. The lowest BCUT2D eigenvalue weighted by molar-refractivity contribution is -0.146. The van der Waals surface area contributed by atoms with Crippen LogP contribution >= 0.6 is 0 Å². The maximum atomic E-state index is 12.7. The highest BCUT2D eigenvalue weighted by molar-refractivity contribution is 5.88. The van der Waals surface area contributed by atoms with Crippen molar-refractivity contribution in [3.8, 4) is 11.1 Å². The average molecular weight is 453 g/mol. The Balaban J connectivity index is 1.35. The number of fused-ring (bicyclic) bond motifs is 3. The highest BCUT2D eigenvalue weighted by atomic mass is 16.5. The fourth-order valence-corrected chi connectivity index (χ4v) is 4.68. The quantitative estimate of drug-likeness (QED) is 0.464. The Labute approximate surface area is 192 Å². The molecule has 0 aliphatic heterocycles. The van der Waals surface area contributed by atoms with Crippen LogP contribution in [0.5, 0.6) is 0 Å². The summed E-state index contributed by atoms with van der Waals surface area (Å²) in [7, 11) is 0. The van der Waals surface area contributed by atoms with Crippen LogP contribution in [0.1, 0.15) is 42.7 Å². The lowest BCUT2D eigenvalue weighted by Gasteiger charge is -2.40. The van der Waals surface area contributed by atoms with Gasteiger partial charge in [-0.3, -0.25) is 4.79 Å². The Bertz CT molecular complexity index is 1000. The van der Waals surface area contributed by atoms with E-state index < -0.39 is 29.4 Å². The zero-order chi connectivity index (χ0) is 23.4. The van der Waals surface area contributed by atoms with Crippen molar-refractivity contribution in [1.29, 1.82) is 0 Å². The Morgan fingerprint density at radius 3 is 2.15 bits per heavy atom. The van der Waals surface area contributed by atoms with E-state index >= 15 is 0 Å². The van der Waals surface area contributed by atoms with E-state index in [2.05, 4.69) is 22.8 Å². The van der Waals surface area contributed by atoms with Crippen LogP contribution in [0.25, 0.3) is 11.1 Å². The molecule has 0 saturated heterocycles. The summed E-state index contributed by atoms with van der Waals surface area (Å²) in [5, 5.41) is 23.4. The number of alkyl carbamates (subject to hydrolysis) is 1. The molecule has 1 saturated carbocycles. The summed E-state index contributed by atoms with van der Waals surface area (Å²) in [6.45, 7) is -0.0974. The van der Waals surface area contributed by atoms with Crippen molar-refractivity contribution in [2.24, 2.45) is 5.41 Å². The number of hydrogen-bond acceptors (Lipinski definition) is 5. The van der Waals surface area contributed by atoms with Gasteiger partial charge in [0.1, 0.15) is 12.6 Å². The largest absolute Gasteiger partial charge is 0.480 e. The van der Waals surface area contributed by atoms with E-state index in [1.165, 1.54) is 0 Å². The molecule has 0 heterocycles. The number of carboxylic acid groups (broad SMARTS) is 1. The van der Waals surface area contributed by atoms with E-state index in [-0.39, 0.29) is 32.1 Å². The standard InChI is InChI=1S/C25H28N2O6/c28-13-10-21(22(29)30)27-23(31)25(11-5-12-25)15-26-24(32)33-14-20-18-8-3-1-6-16(18)17-7-2-4-9-19(17)20/h1-4,6-9,20-21,28H,5,10-15H2,(H,26,32)(H,27,31)(H,29,30)/t21-/m1/s1. The Kier molecular flexibility index (Phi) is 6.65. The van der Waals surface area contributed by atoms with Gasteiger partial charge in [0.15, 0.2) is 0 Å². The van der Waals surface area contributed by atoms with Gasteiger partial charge in [0.2, 0.25) is 5.91 Å². The van der Waals surface area contributed by atoms with E-state index in [0.29, 0.717) is 12.8 Å². The first-order chi connectivity index (χ1) is 15.9. The van der Waals surface area contributed by atoms with Gasteiger partial charge in [0, 0.05) is 25.5 Å². The first-order valence-corrected chi connectivity index (χ1v) is 11.2. The summed E-state index contributed by atoms with van der Waals surface area (Å²) in [6, 6.07) is 15.0. The zero-order valence-electron chi connectivity index (χ0n) is 18.3. The molecule has 0 bridgehead atoms. The lowest BCUT2D eigenvalue weighted by atomic mass is 9.68. The molecule has 174 valence electrons. The number of benzene rings is 2. The van der Waals surface area contributed by atoms with Gasteiger partial charge in [-0.2, -0.15) is 0 Å². The molecule has 1 fully saturated rings. The van der Waals surface area contributed by atoms with E-state index in [4.69, 9.17) is 9.84 Å². The second-order valence-corrected chi connectivity index (χ2v) is 8.69. The molecule has 8 heteroatoms. The fourth-order valence-electron chi connectivity index (χ4n) is 4.68. The molecule has 33 heavy (non-hydrogen) atoms. The van der Waals surface area contributed by atoms with Crippen molar-refractivity contribution in [2.75, 3.05) is 19.8 Å². The molecule has 8 nitrogen and oxygen atoms in total. The molecule has 0 unspecified atom stereocenters. The van der Waals surface area contributed by atoms with Gasteiger partial charge in [-0.1, -0.05) is 55.0 Å². The predicted octanol–water partition coefficient (Wildman–Crippen LogP) is 2.65. The Hall–Kier alpha value is -3.39. The topological polar surface area (TPSA) is 125 Å². The molecular formula is C25H28N2O6. The summed E-state index contributed by atoms with van der Waals surface area (Å²) < 4.78 is 5.53. The minimum Gasteiger partial charge on any atom is -0.480 e. The lowest BCUT2D eigenvalue weighted by Crippen LogP contribution is -2.56. The maximum Gasteiger partial charge on any atom is 0.407 e. The van der Waals surface area contributed by atoms with Crippen LogP contribution in [0.15, 0.2) is 48.5 Å². The van der Waals surface area contributed by atoms with Gasteiger partial charge >= 0.3 is 12.1 Å². The van der Waals surface area contributed by atoms with Crippen molar-refractivity contribution < 1.29 is 29.3 Å². The van der Waals surface area contributed by atoms with Crippen LogP contribution in [0, 0.1) is 5.41 Å². The van der Waals surface area contributed by atoms with Gasteiger partial charge in [0.25, 0.3) is 0 Å². The number of nitrogens with one attached hydrogen (secondary N) is 2. The minimum atomic E-state index is -1.20. The maximum absolute atomic E-state index is 12.7. The molecule has 2 aliphatic carbocycles. The van der Waals surface area contributed by atoms with Crippen molar-refractivity contribution in [1.82, 2.24) is 10.6 Å². The second kappa shape index (κ2) is 9.62. The monoisotopic (exact) mass is 452 g/mol. The summed E-state index contributed by atoms with van der Waals surface area (Å²) in [4.78, 5) is 36.5.